The molecule has 4 amide bonds. The van der Waals surface area contributed by atoms with Gasteiger partial charge in [0, 0.05) is 83.0 Å². The first-order chi connectivity index (χ1) is 24.7. The predicted molar refractivity (Wildman–Crippen MR) is 191 cm³/mol. The highest BCUT2D eigenvalue weighted by molar-refractivity contribution is 6.05. The number of hydrogen-bond acceptors (Lipinski definition) is 10. The second kappa shape index (κ2) is 13.4. The Morgan fingerprint density at radius 2 is 1.76 bits per heavy atom. The minimum Gasteiger partial charge on any atom is -0.368 e. The number of pyridine rings is 1. The summed E-state index contributed by atoms with van der Waals surface area (Å²) < 4.78 is 2.11. The molecule has 0 radical (unpaired) electrons. The standard InChI is InChI=1S/C37H42N10O4/c1-43(2)36(51)30-18-24-19-39-37(42-33(24)47(30)26-5-3-4-6-26)40-31-11-8-27(20-38-31)45-15-13-44(14-16-45)21-23-7-9-28-25(17-23)22-46(35(28)50)29-10-12-32(48)41-34(29)49/h7-9,11,17-20,26,29H,3-6,10,12-16,21-22H2,1-2H3,(H,41,48,49)(H,38,39,40,42). The molecule has 14 heteroatoms. The Morgan fingerprint density at radius 1 is 0.961 bits per heavy atom. The number of anilines is 3. The van der Waals surface area contributed by atoms with Gasteiger partial charge in [0.05, 0.1) is 11.9 Å². The predicted octanol–water partition coefficient (Wildman–Crippen LogP) is 3.47. The Bertz CT molecular complexity index is 2010. The molecular weight excluding hydrogens is 648 g/mol. The Kier molecular flexibility index (Phi) is 8.62. The lowest BCUT2D eigenvalue weighted by atomic mass is 10.0. The number of benzene rings is 1. The molecule has 14 nitrogen and oxygen atoms in total. The molecule has 3 aliphatic heterocycles. The molecule has 8 rings (SSSR count). The highest BCUT2D eigenvalue weighted by Gasteiger charge is 2.39. The van der Waals surface area contributed by atoms with E-state index in [9.17, 15) is 19.2 Å². The summed E-state index contributed by atoms with van der Waals surface area (Å²) in [5.74, 6) is 0.229. The maximum absolute atomic E-state index is 13.1. The number of aromatic nitrogens is 4. The minimum absolute atomic E-state index is 0.0338. The quantitative estimate of drug-likeness (QED) is 0.263. The SMILES string of the molecule is CN(C)C(=O)c1cc2cnc(Nc3ccc(N4CCN(Cc5ccc6c(c5)CN(C5CCC(=O)NC5=O)C6=O)CC4)cn3)nc2n1C1CCCC1. The first-order valence-corrected chi connectivity index (χ1v) is 17.8. The van der Waals surface area contributed by atoms with E-state index in [-0.39, 0.29) is 30.2 Å². The highest BCUT2D eigenvalue weighted by atomic mass is 16.2. The topological polar surface area (TPSA) is 149 Å². The number of piperidine rings is 1. The zero-order valence-corrected chi connectivity index (χ0v) is 29.0. The van der Waals surface area contributed by atoms with Gasteiger partial charge in [-0.1, -0.05) is 25.0 Å². The van der Waals surface area contributed by atoms with Crippen LogP contribution in [0.25, 0.3) is 11.0 Å². The van der Waals surface area contributed by atoms with Crippen LogP contribution in [0.3, 0.4) is 0 Å². The first-order valence-electron chi connectivity index (χ1n) is 17.8. The molecule has 2 N–H and O–H groups in total. The van der Waals surface area contributed by atoms with Crippen molar-refractivity contribution in [2.24, 2.45) is 0 Å². The lowest BCUT2D eigenvalue weighted by Gasteiger charge is -2.36. The molecule has 1 unspecified atom stereocenters. The third-order valence-corrected chi connectivity index (χ3v) is 10.6. The van der Waals surface area contributed by atoms with Crippen molar-refractivity contribution in [2.45, 2.75) is 63.7 Å². The fourth-order valence-electron chi connectivity index (χ4n) is 7.90. The second-order valence-electron chi connectivity index (χ2n) is 14.2. The van der Waals surface area contributed by atoms with Crippen LogP contribution in [0, 0.1) is 0 Å². The van der Waals surface area contributed by atoms with E-state index in [1.165, 1.54) is 0 Å². The number of nitrogens with zero attached hydrogens (tertiary/aromatic N) is 8. The summed E-state index contributed by atoms with van der Waals surface area (Å²) in [4.78, 5) is 72.1. The Labute approximate surface area is 295 Å². The van der Waals surface area contributed by atoms with Crippen molar-refractivity contribution in [3.05, 3.63) is 71.2 Å². The van der Waals surface area contributed by atoms with Gasteiger partial charge in [-0.25, -0.2) is 9.97 Å². The molecule has 1 saturated carbocycles. The number of rotatable bonds is 8. The molecule has 0 spiro atoms. The number of piperazine rings is 1. The van der Waals surface area contributed by atoms with Crippen molar-refractivity contribution >= 4 is 52.1 Å². The van der Waals surface area contributed by atoms with Gasteiger partial charge in [-0.15, -0.1) is 0 Å². The van der Waals surface area contributed by atoms with Crippen LogP contribution in [-0.2, 0) is 22.7 Å². The highest BCUT2D eigenvalue weighted by Crippen LogP contribution is 2.35. The van der Waals surface area contributed by atoms with Gasteiger partial charge in [-0.05, 0) is 54.7 Å². The molecule has 264 valence electrons. The van der Waals surface area contributed by atoms with Crippen LogP contribution in [0.2, 0.25) is 0 Å². The van der Waals surface area contributed by atoms with Gasteiger partial charge in [0.2, 0.25) is 17.8 Å². The van der Waals surface area contributed by atoms with E-state index >= 15 is 0 Å². The molecule has 3 fully saturated rings. The second-order valence-corrected chi connectivity index (χ2v) is 14.2. The number of hydrogen-bond donors (Lipinski definition) is 2. The van der Waals surface area contributed by atoms with Crippen molar-refractivity contribution in [3.8, 4) is 0 Å². The monoisotopic (exact) mass is 690 g/mol. The van der Waals surface area contributed by atoms with Crippen molar-refractivity contribution in [3.63, 3.8) is 0 Å². The largest absolute Gasteiger partial charge is 0.368 e. The first kappa shape index (κ1) is 32.8. The van der Waals surface area contributed by atoms with Crippen LogP contribution in [0.15, 0.2) is 48.8 Å². The zero-order valence-electron chi connectivity index (χ0n) is 29.0. The van der Waals surface area contributed by atoms with Crippen molar-refractivity contribution in [1.82, 2.24) is 39.5 Å². The lowest BCUT2D eigenvalue weighted by molar-refractivity contribution is -0.136. The number of carbonyl (C=O) groups is 4. The van der Waals surface area contributed by atoms with Crippen LogP contribution < -0.4 is 15.5 Å². The summed E-state index contributed by atoms with van der Waals surface area (Å²) in [6, 6.07) is 11.5. The van der Waals surface area contributed by atoms with Crippen LogP contribution >= 0.6 is 0 Å². The third kappa shape index (κ3) is 6.39. The lowest BCUT2D eigenvalue weighted by Crippen LogP contribution is -2.52. The van der Waals surface area contributed by atoms with E-state index in [1.807, 2.05) is 30.5 Å². The number of carbonyl (C=O) groups excluding carboxylic acids is 4. The maximum atomic E-state index is 13.1. The van der Waals surface area contributed by atoms with Crippen molar-refractivity contribution in [2.75, 3.05) is 50.5 Å². The summed E-state index contributed by atoms with van der Waals surface area (Å²) >= 11 is 0. The van der Waals surface area contributed by atoms with E-state index in [4.69, 9.17) is 4.98 Å². The Morgan fingerprint density at radius 3 is 2.49 bits per heavy atom. The average molecular weight is 691 g/mol. The van der Waals surface area contributed by atoms with Crippen LogP contribution in [0.4, 0.5) is 17.5 Å². The Hall–Kier alpha value is -5.37. The summed E-state index contributed by atoms with van der Waals surface area (Å²) in [6.45, 7) is 4.62. The normalized spacial score (nSPS) is 19.9. The molecule has 3 aromatic heterocycles. The average Bonchev–Trinajstić information content (AvgIpc) is 3.86. The molecule has 4 aromatic rings. The molecule has 51 heavy (non-hydrogen) atoms. The van der Waals surface area contributed by atoms with Gasteiger partial charge in [0.1, 0.15) is 23.2 Å². The van der Waals surface area contributed by atoms with Crippen molar-refractivity contribution in [1.29, 1.82) is 0 Å². The number of imide groups is 1. The van der Waals surface area contributed by atoms with Gasteiger partial charge < -0.3 is 24.6 Å². The van der Waals surface area contributed by atoms with Gasteiger partial charge in [0.25, 0.3) is 11.8 Å². The van der Waals surface area contributed by atoms with Crippen LogP contribution in [0.1, 0.15) is 76.5 Å². The Balaban J connectivity index is 0.880. The smallest absolute Gasteiger partial charge is 0.270 e. The van der Waals surface area contributed by atoms with Crippen molar-refractivity contribution < 1.29 is 19.2 Å². The van der Waals surface area contributed by atoms with E-state index in [2.05, 4.69) is 47.1 Å². The molecule has 4 aliphatic rings. The summed E-state index contributed by atoms with van der Waals surface area (Å²) in [5, 5.41) is 6.47. The number of amides is 4. The number of nitrogens with one attached hydrogen (secondary N) is 2. The molecule has 6 heterocycles. The molecule has 1 aliphatic carbocycles. The molecule has 2 saturated heterocycles. The van der Waals surface area contributed by atoms with E-state index < -0.39 is 11.9 Å². The zero-order chi connectivity index (χ0) is 35.2. The fourth-order valence-corrected chi connectivity index (χ4v) is 7.90. The third-order valence-electron chi connectivity index (χ3n) is 10.6. The molecule has 0 bridgehead atoms. The molecular formula is C37H42N10O4. The van der Waals surface area contributed by atoms with E-state index in [0.717, 1.165) is 86.3 Å². The fraction of sp³-hybridized carbons (Fsp3) is 0.432. The minimum atomic E-state index is -0.606. The van der Waals surface area contributed by atoms with E-state index in [0.29, 0.717) is 36.0 Å². The number of fused-ring (bicyclic) bond motifs is 2. The summed E-state index contributed by atoms with van der Waals surface area (Å²) in [7, 11) is 3.55. The van der Waals surface area contributed by atoms with Gasteiger partial charge in [-0.2, -0.15) is 4.98 Å². The molecule has 1 aromatic carbocycles. The summed E-state index contributed by atoms with van der Waals surface area (Å²) in [5.41, 5.74) is 5.16. The maximum Gasteiger partial charge on any atom is 0.270 e. The van der Waals surface area contributed by atoms with E-state index in [1.54, 1.807) is 30.1 Å². The molecule has 1 atom stereocenters. The van der Waals surface area contributed by atoms with Gasteiger partial charge in [0.15, 0.2) is 0 Å². The van der Waals surface area contributed by atoms with Crippen LogP contribution in [0.5, 0.6) is 0 Å². The van der Waals surface area contributed by atoms with Crippen LogP contribution in [-0.4, -0.2) is 104 Å². The van der Waals surface area contributed by atoms with Gasteiger partial charge in [-0.3, -0.25) is 29.4 Å². The van der Waals surface area contributed by atoms with Gasteiger partial charge >= 0.3 is 0 Å². The summed E-state index contributed by atoms with van der Waals surface area (Å²) in [6.07, 6.45) is 8.61.